The van der Waals surface area contributed by atoms with E-state index in [2.05, 4.69) is 37.2 Å². The van der Waals surface area contributed by atoms with E-state index in [1.807, 2.05) is 12.1 Å². The average molecular weight is 368 g/mol. The number of piperazine rings is 1. The maximum Gasteiger partial charge on any atom is 0.231 e. The molecule has 1 aromatic heterocycles. The summed E-state index contributed by atoms with van der Waals surface area (Å²) in [5.74, 6) is 3.76. The summed E-state index contributed by atoms with van der Waals surface area (Å²) in [6.07, 6.45) is 2.41. The Morgan fingerprint density at radius 1 is 1.04 bits per heavy atom. The fourth-order valence-electron chi connectivity index (χ4n) is 3.56. The molecular weight excluding hydrogens is 344 g/mol. The Kier molecular flexibility index (Phi) is 4.12. The van der Waals surface area contributed by atoms with Crippen molar-refractivity contribution >= 4 is 17.6 Å². The predicted octanol–water partition coefficient (Wildman–Crippen LogP) is 1.68. The van der Waals surface area contributed by atoms with Gasteiger partial charge in [0.15, 0.2) is 11.5 Å². The molecule has 3 heterocycles. The third kappa shape index (κ3) is 3.71. The number of anilines is 3. The van der Waals surface area contributed by atoms with Crippen LogP contribution in [-0.4, -0.2) is 53.9 Å². The molecule has 2 aromatic rings. The number of hydrogen-bond donors (Lipinski definition) is 2. The second kappa shape index (κ2) is 6.77. The highest BCUT2D eigenvalue weighted by molar-refractivity contribution is 5.53. The molecule has 3 N–H and O–H groups in total. The van der Waals surface area contributed by atoms with Crippen LogP contribution >= 0.6 is 0 Å². The van der Waals surface area contributed by atoms with E-state index in [1.165, 1.54) is 18.4 Å². The van der Waals surface area contributed by atoms with Gasteiger partial charge in [-0.15, -0.1) is 0 Å². The first-order valence-electron chi connectivity index (χ1n) is 9.50. The van der Waals surface area contributed by atoms with Crippen LogP contribution in [0.5, 0.6) is 11.5 Å². The highest BCUT2D eigenvalue weighted by Crippen LogP contribution is 2.33. The lowest BCUT2D eigenvalue weighted by Crippen LogP contribution is -2.46. The molecule has 3 aliphatic rings. The number of fused-ring (bicyclic) bond motifs is 1. The Bertz CT molecular complexity index is 833. The van der Waals surface area contributed by atoms with Gasteiger partial charge in [0, 0.05) is 44.8 Å². The van der Waals surface area contributed by atoms with Gasteiger partial charge in [-0.3, -0.25) is 4.90 Å². The van der Waals surface area contributed by atoms with Crippen molar-refractivity contribution < 1.29 is 9.47 Å². The van der Waals surface area contributed by atoms with Crippen LogP contribution < -0.4 is 25.4 Å². The molecule has 5 rings (SSSR count). The minimum atomic E-state index is 0.317. The lowest BCUT2D eigenvalue weighted by Gasteiger charge is -2.35. The molecule has 1 saturated heterocycles. The van der Waals surface area contributed by atoms with Gasteiger partial charge in [-0.2, -0.15) is 9.97 Å². The van der Waals surface area contributed by atoms with Crippen LogP contribution in [-0.2, 0) is 6.54 Å². The first kappa shape index (κ1) is 16.4. The van der Waals surface area contributed by atoms with Crippen molar-refractivity contribution in [3.63, 3.8) is 0 Å². The number of hydrogen-bond acceptors (Lipinski definition) is 8. The van der Waals surface area contributed by atoms with E-state index in [1.54, 1.807) is 0 Å². The van der Waals surface area contributed by atoms with Crippen molar-refractivity contribution in [1.29, 1.82) is 0 Å². The molecule has 0 unspecified atom stereocenters. The molecule has 1 aliphatic carbocycles. The molecule has 142 valence electrons. The summed E-state index contributed by atoms with van der Waals surface area (Å²) in [4.78, 5) is 13.5. The van der Waals surface area contributed by atoms with Crippen molar-refractivity contribution in [2.45, 2.75) is 25.4 Å². The van der Waals surface area contributed by atoms with E-state index in [4.69, 9.17) is 15.2 Å². The quantitative estimate of drug-likeness (QED) is 0.824. The standard InChI is InChI=1S/C19H24N6O2/c20-19-22-17(21-14-2-3-14)10-18(23-19)25-7-5-24(6-8-25)11-13-1-4-15-16(9-13)27-12-26-15/h1,4,9-10,14H,2-3,5-8,11-12H2,(H3,20,21,22,23). The van der Waals surface area contributed by atoms with Crippen LogP contribution in [0.4, 0.5) is 17.6 Å². The predicted molar refractivity (Wildman–Crippen MR) is 103 cm³/mol. The first-order valence-corrected chi connectivity index (χ1v) is 9.50. The number of aromatic nitrogens is 2. The van der Waals surface area contributed by atoms with Crippen LogP contribution in [0, 0.1) is 0 Å². The Balaban J connectivity index is 1.20. The van der Waals surface area contributed by atoms with Gasteiger partial charge in [0.1, 0.15) is 11.6 Å². The fourth-order valence-corrected chi connectivity index (χ4v) is 3.56. The largest absolute Gasteiger partial charge is 0.454 e. The summed E-state index contributed by atoms with van der Waals surface area (Å²) < 4.78 is 10.9. The third-order valence-corrected chi connectivity index (χ3v) is 5.20. The maximum absolute atomic E-state index is 5.91. The lowest BCUT2D eigenvalue weighted by molar-refractivity contribution is 0.174. The van der Waals surface area contributed by atoms with Crippen LogP contribution in [0.2, 0.25) is 0 Å². The molecule has 0 bridgehead atoms. The number of nitrogens with zero attached hydrogens (tertiary/aromatic N) is 4. The van der Waals surface area contributed by atoms with Gasteiger partial charge in [-0.25, -0.2) is 0 Å². The van der Waals surface area contributed by atoms with E-state index in [9.17, 15) is 0 Å². The van der Waals surface area contributed by atoms with Gasteiger partial charge in [0.05, 0.1) is 0 Å². The molecule has 1 saturated carbocycles. The zero-order chi connectivity index (χ0) is 18.2. The summed E-state index contributed by atoms with van der Waals surface area (Å²) >= 11 is 0. The molecule has 8 nitrogen and oxygen atoms in total. The summed E-state index contributed by atoms with van der Waals surface area (Å²) in [7, 11) is 0. The van der Waals surface area contributed by atoms with Crippen molar-refractivity contribution in [2.75, 3.05) is 48.9 Å². The number of rotatable bonds is 5. The minimum Gasteiger partial charge on any atom is -0.454 e. The molecule has 0 radical (unpaired) electrons. The monoisotopic (exact) mass is 368 g/mol. The van der Waals surface area contributed by atoms with Crippen molar-refractivity contribution in [3.05, 3.63) is 29.8 Å². The van der Waals surface area contributed by atoms with E-state index in [0.29, 0.717) is 18.8 Å². The molecule has 27 heavy (non-hydrogen) atoms. The van der Waals surface area contributed by atoms with Gasteiger partial charge >= 0.3 is 0 Å². The Morgan fingerprint density at radius 3 is 2.67 bits per heavy atom. The second-order valence-corrected chi connectivity index (χ2v) is 7.34. The van der Waals surface area contributed by atoms with Gasteiger partial charge in [0.25, 0.3) is 0 Å². The van der Waals surface area contributed by atoms with Gasteiger partial charge in [0.2, 0.25) is 12.7 Å². The molecule has 2 aliphatic heterocycles. The van der Waals surface area contributed by atoms with Crippen molar-refractivity contribution in [2.24, 2.45) is 0 Å². The Labute approximate surface area is 158 Å². The molecule has 0 spiro atoms. The van der Waals surface area contributed by atoms with E-state index >= 15 is 0 Å². The fraction of sp³-hybridized carbons (Fsp3) is 0.474. The van der Waals surface area contributed by atoms with Crippen LogP contribution in [0.25, 0.3) is 0 Å². The van der Waals surface area contributed by atoms with Gasteiger partial charge in [-0.05, 0) is 30.5 Å². The Morgan fingerprint density at radius 2 is 1.85 bits per heavy atom. The maximum atomic E-state index is 5.91. The molecule has 1 aromatic carbocycles. The zero-order valence-electron chi connectivity index (χ0n) is 15.2. The van der Waals surface area contributed by atoms with E-state index in [-0.39, 0.29) is 0 Å². The van der Waals surface area contributed by atoms with Crippen molar-refractivity contribution in [1.82, 2.24) is 14.9 Å². The normalized spacial score (nSPS) is 19.3. The van der Waals surface area contributed by atoms with Crippen molar-refractivity contribution in [3.8, 4) is 11.5 Å². The van der Waals surface area contributed by atoms with Crippen LogP contribution in [0.15, 0.2) is 24.3 Å². The summed E-state index contributed by atoms with van der Waals surface area (Å²) in [5, 5.41) is 3.41. The minimum absolute atomic E-state index is 0.317. The number of ether oxygens (including phenoxy) is 2. The summed E-state index contributed by atoms with van der Waals surface area (Å²) in [6.45, 7) is 5.02. The molecule has 0 atom stereocenters. The second-order valence-electron chi connectivity index (χ2n) is 7.34. The summed E-state index contributed by atoms with van der Waals surface area (Å²) in [6, 6.07) is 8.75. The molecule has 2 fully saturated rings. The number of benzene rings is 1. The third-order valence-electron chi connectivity index (χ3n) is 5.20. The van der Waals surface area contributed by atoms with E-state index < -0.39 is 0 Å². The topological polar surface area (TPSA) is 88.8 Å². The van der Waals surface area contributed by atoms with E-state index in [0.717, 1.165) is 55.9 Å². The zero-order valence-corrected chi connectivity index (χ0v) is 15.2. The van der Waals surface area contributed by atoms with Crippen LogP contribution in [0.1, 0.15) is 18.4 Å². The average Bonchev–Trinajstić information content (AvgIpc) is 3.35. The first-order chi connectivity index (χ1) is 13.2. The lowest BCUT2D eigenvalue weighted by atomic mass is 10.1. The molecule has 0 amide bonds. The number of nitrogen functional groups attached to an aromatic ring is 1. The highest BCUT2D eigenvalue weighted by atomic mass is 16.7. The van der Waals surface area contributed by atoms with Gasteiger partial charge < -0.3 is 25.4 Å². The number of nitrogens with one attached hydrogen (secondary N) is 1. The Hall–Kier alpha value is -2.74. The summed E-state index contributed by atoms with van der Waals surface area (Å²) in [5.41, 5.74) is 7.16. The highest BCUT2D eigenvalue weighted by Gasteiger charge is 2.23. The SMILES string of the molecule is Nc1nc(NC2CC2)cc(N2CCN(Cc3ccc4c(c3)OCO4)CC2)n1. The van der Waals surface area contributed by atoms with Gasteiger partial charge in [-0.1, -0.05) is 6.07 Å². The molecule has 8 heteroatoms. The smallest absolute Gasteiger partial charge is 0.231 e. The van der Waals surface area contributed by atoms with Crippen LogP contribution in [0.3, 0.4) is 0 Å². The molecular formula is C19H24N6O2. The number of nitrogens with two attached hydrogens (primary N) is 1.